The summed E-state index contributed by atoms with van der Waals surface area (Å²) in [6.45, 7) is 0. The van der Waals surface area contributed by atoms with Gasteiger partial charge in [-0.2, -0.15) is 0 Å². The van der Waals surface area contributed by atoms with E-state index in [9.17, 15) is 33.6 Å². The van der Waals surface area contributed by atoms with Crippen molar-refractivity contribution in [3.8, 4) is 0 Å². The predicted molar refractivity (Wildman–Crippen MR) is 119 cm³/mol. The maximum absolute atomic E-state index is 10.7. The van der Waals surface area contributed by atoms with Gasteiger partial charge >= 0.3 is 42.3 Å². The number of rotatable bonds is 0. The smallest absolute Gasteiger partial charge is 0.417 e. The Bertz CT molecular complexity index is 630. The quantitative estimate of drug-likeness (QED) is 0.349. The van der Waals surface area contributed by atoms with E-state index in [2.05, 4.69) is 30.7 Å². The first-order valence-electron chi connectivity index (χ1n) is 9.23. The van der Waals surface area contributed by atoms with Gasteiger partial charge in [0.2, 0.25) is 0 Å². The van der Waals surface area contributed by atoms with Gasteiger partial charge in [-0.1, -0.05) is 0 Å². The molecule has 0 spiro atoms. The van der Waals surface area contributed by atoms with Crippen molar-refractivity contribution in [2.24, 2.45) is 0 Å². The molecule has 1 aliphatic rings. The van der Waals surface area contributed by atoms with Crippen LogP contribution in [0.2, 0.25) is 0 Å². The molecule has 17 nitrogen and oxygen atoms in total. The van der Waals surface area contributed by atoms with Crippen LogP contribution in [-0.4, -0.2) is 133 Å². The van der Waals surface area contributed by atoms with Crippen LogP contribution < -0.4 is 21.3 Å². The van der Waals surface area contributed by atoms with Gasteiger partial charge < -0.3 is 30.7 Å². The van der Waals surface area contributed by atoms with E-state index in [0.29, 0.717) is 0 Å². The Morgan fingerprint density at radius 3 is 1.15 bits per heavy atom. The topological polar surface area (TPSA) is 199 Å². The molecule has 0 radical (unpaired) electrons. The molecule has 1 fully saturated rings. The lowest BCUT2D eigenvalue weighted by Gasteiger charge is -2.32. The molecule has 12 amide bonds. The lowest BCUT2D eigenvalue weighted by atomic mass is 10.5. The summed E-state index contributed by atoms with van der Waals surface area (Å²) in [5.74, 6) is 0. The molecule has 0 bridgehead atoms. The van der Waals surface area contributed by atoms with Crippen LogP contribution in [0.15, 0.2) is 0 Å². The number of urea groups is 5. The first kappa shape index (κ1) is 34.3. The summed E-state index contributed by atoms with van der Waals surface area (Å²) < 4.78 is 8.41. The van der Waals surface area contributed by atoms with Crippen LogP contribution in [0.5, 0.6) is 0 Å². The van der Waals surface area contributed by atoms with Crippen molar-refractivity contribution in [3.63, 3.8) is 0 Å². The minimum atomic E-state index is -0.681. The summed E-state index contributed by atoms with van der Waals surface area (Å²) in [6.07, 6.45) is -1.09. The Morgan fingerprint density at radius 1 is 0.647 bits per heavy atom. The van der Waals surface area contributed by atoms with Crippen molar-refractivity contribution in [2.75, 3.05) is 70.6 Å². The first-order valence-corrected chi connectivity index (χ1v) is 9.23. The molecule has 0 aliphatic carbocycles. The fraction of sp³-hybridized carbons (Fsp3) is 0.588. The SMILES string of the molecule is CN1C(=O)N(C)C1=O.CNC(=O)N(C)C(=O)NC.CNC(=O)N(C)C(=O)OC.CNC(=O)OC. The number of hydrogen-bond donors (Lipinski definition) is 4. The summed E-state index contributed by atoms with van der Waals surface area (Å²) in [5, 5.41) is 9.13. The minimum absolute atomic E-state index is 0.241. The number of nitrogens with one attached hydrogen (secondary N) is 4. The summed E-state index contributed by atoms with van der Waals surface area (Å²) >= 11 is 0. The van der Waals surface area contributed by atoms with Crippen LogP contribution in [-0.2, 0) is 9.47 Å². The van der Waals surface area contributed by atoms with Crippen LogP contribution in [0.4, 0.5) is 33.6 Å². The summed E-state index contributed by atoms with van der Waals surface area (Å²) in [7, 11) is 14.0. The third kappa shape index (κ3) is 12.5. The van der Waals surface area contributed by atoms with Crippen molar-refractivity contribution in [1.29, 1.82) is 0 Å². The lowest BCUT2D eigenvalue weighted by molar-refractivity contribution is 0.125. The molecule has 0 aromatic rings. The fourth-order valence-electron chi connectivity index (χ4n) is 1.49. The summed E-state index contributed by atoms with van der Waals surface area (Å²) in [6, 6.07) is -1.84. The fourth-order valence-corrected chi connectivity index (χ4v) is 1.49. The zero-order valence-electron chi connectivity index (χ0n) is 21.0. The van der Waals surface area contributed by atoms with Crippen molar-refractivity contribution in [2.45, 2.75) is 0 Å². The standard InChI is InChI=1S/C5H11N3O2.C5H10N2O3.C4H6N2O2.C3H7NO2/c1-6-4(9)8(3)5(10)7-2;1-6-4(8)7(2)5(9)10-3;1-5-3(7)6(2)4(5)8;1-4-3(5)6-2/h1-3H3,(H,6,9)(H,7,10);1-3H3,(H,6,8);1-2H3;1-2H3,(H,4,5). The van der Waals surface area contributed by atoms with E-state index in [1.807, 2.05) is 0 Å². The van der Waals surface area contributed by atoms with Gasteiger partial charge in [-0.05, 0) is 0 Å². The highest BCUT2D eigenvalue weighted by atomic mass is 16.5. The van der Waals surface area contributed by atoms with Gasteiger partial charge in [-0.15, -0.1) is 0 Å². The zero-order valence-corrected chi connectivity index (χ0v) is 21.0. The molecule has 0 aromatic heterocycles. The Morgan fingerprint density at radius 2 is 0.971 bits per heavy atom. The second-order valence-electron chi connectivity index (χ2n) is 5.68. The van der Waals surface area contributed by atoms with E-state index < -0.39 is 30.3 Å². The Kier molecular flexibility index (Phi) is 18.4. The third-order valence-electron chi connectivity index (χ3n) is 3.54. The first-order chi connectivity index (χ1) is 15.7. The maximum Gasteiger partial charge on any atom is 0.417 e. The lowest BCUT2D eigenvalue weighted by Crippen LogP contribution is -2.59. The number of amides is 12. The average molecular weight is 495 g/mol. The summed E-state index contributed by atoms with van der Waals surface area (Å²) in [5.41, 5.74) is 0. The number of nitrogens with zero attached hydrogens (tertiary/aromatic N) is 4. The molecule has 1 heterocycles. The molecule has 17 heteroatoms. The number of ether oxygens (including phenoxy) is 2. The summed E-state index contributed by atoms with van der Waals surface area (Å²) in [4.78, 5) is 77.1. The van der Waals surface area contributed by atoms with Crippen LogP contribution in [0.1, 0.15) is 0 Å². The molecule has 0 unspecified atom stereocenters. The molecule has 1 saturated heterocycles. The molecule has 1 aliphatic heterocycles. The van der Waals surface area contributed by atoms with Crippen molar-refractivity contribution in [1.82, 2.24) is 40.9 Å². The molecule has 4 N–H and O–H groups in total. The number of carbonyl (C=O) groups excluding carboxylic acids is 7. The largest absolute Gasteiger partial charge is 0.453 e. The van der Waals surface area contributed by atoms with E-state index in [1.165, 1.54) is 70.6 Å². The second-order valence-corrected chi connectivity index (χ2v) is 5.68. The Balaban J connectivity index is -0.000000383. The van der Waals surface area contributed by atoms with E-state index in [0.717, 1.165) is 19.6 Å². The van der Waals surface area contributed by atoms with E-state index in [4.69, 9.17) is 0 Å². The van der Waals surface area contributed by atoms with Crippen LogP contribution in [0.3, 0.4) is 0 Å². The Hall–Kier alpha value is -4.31. The predicted octanol–water partition coefficient (Wildman–Crippen LogP) is -0.303. The second kappa shape index (κ2) is 18.3. The molecular weight excluding hydrogens is 460 g/mol. The minimum Gasteiger partial charge on any atom is -0.453 e. The van der Waals surface area contributed by atoms with Gasteiger partial charge in [-0.25, -0.2) is 53.2 Å². The number of alkyl carbamates (subject to hydrolysis) is 1. The van der Waals surface area contributed by atoms with Gasteiger partial charge in [0.15, 0.2) is 0 Å². The zero-order chi connectivity index (χ0) is 27.6. The maximum atomic E-state index is 10.7. The van der Waals surface area contributed by atoms with Crippen molar-refractivity contribution < 1.29 is 43.0 Å². The molecular formula is C17H34N8O9. The highest BCUT2D eigenvalue weighted by molar-refractivity contribution is 6.11. The number of imide groups is 4. The average Bonchev–Trinajstić information content (AvgIpc) is 2.89. The van der Waals surface area contributed by atoms with E-state index in [1.54, 1.807) is 0 Å². The number of methoxy groups -OCH3 is 2. The van der Waals surface area contributed by atoms with Gasteiger partial charge in [0.1, 0.15) is 0 Å². The molecule has 0 aromatic carbocycles. The molecule has 1 rings (SSSR count). The highest BCUT2D eigenvalue weighted by Crippen LogP contribution is 2.08. The van der Waals surface area contributed by atoms with Crippen LogP contribution >= 0.6 is 0 Å². The van der Waals surface area contributed by atoms with Gasteiger partial charge in [0, 0.05) is 56.4 Å². The number of carbonyl (C=O) groups is 7. The van der Waals surface area contributed by atoms with Crippen molar-refractivity contribution in [3.05, 3.63) is 0 Å². The molecule has 0 atom stereocenters. The molecule has 0 saturated carbocycles. The molecule has 196 valence electrons. The molecule has 34 heavy (non-hydrogen) atoms. The Labute approximate surface area is 197 Å². The van der Waals surface area contributed by atoms with Gasteiger partial charge in [0.25, 0.3) is 0 Å². The number of hydrogen-bond acceptors (Lipinski definition) is 9. The van der Waals surface area contributed by atoms with E-state index in [-0.39, 0.29) is 12.1 Å². The van der Waals surface area contributed by atoms with Gasteiger partial charge in [0.05, 0.1) is 14.2 Å². The third-order valence-corrected chi connectivity index (χ3v) is 3.54. The van der Waals surface area contributed by atoms with Crippen molar-refractivity contribution >= 4 is 42.3 Å². The highest BCUT2D eigenvalue weighted by Gasteiger charge is 2.36. The van der Waals surface area contributed by atoms with Crippen LogP contribution in [0, 0.1) is 0 Å². The monoisotopic (exact) mass is 494 g/mol. The van der Waals surface area contributed by atoms with Gasteiger partial charge in [-0.3, -0.25) is 0 Å². The van der Waals surface area contributed by atoms with E-state index >= 15 is 0 Å². The van der Waals surface area contributed by atoms with Crippen LogP contribution in [0.25, 0.3) is 0 Å². The normalized spacial score (nSPS) is 10.6.